The Balaban J connectivity index is 2.34. The number of methoxy groups -OCH3 is 1. The Labute approximate surface area is 133 Å². The van der Waals surface area contributed by atoms with Crippen LogP contribution < -0.4 is 5.32 Å². The van der Waals surface area contributed by atoms with Gasteiger partial charge in [-0.15, -0.1) is 0 Å². The van der Waals surface area contributed by atoms with Gasteiger partial charge in [0.1, 0.15) is 0 Å². The molecule has 0 atom stereocenters. The molecule has 1 aromatic rings. The second kappa shape index (κ2) is 9.78. The maximum Gasteiger partial charge on any atom is 0.272 e. The lowest BCUT2D eigenvalue weighted by atomic mass is 10.2. The van der Waals surface area contributed by atoms with Gasteiger partial charge in [-0.3, -0.25) is 10.1 Å². The molecular formula is C13H18Cl2N2O4. The van der Waals surface area contributed by atoms with Crippen LogP contribution in [0.4, 0.5) is 11.4 Å². The minimum atomic E-state index is -0.529. The molecule has 0 unspecified atom stereocenters. The van der Waals surface area contributed by atoms with Gasteiger partial charge in [-0.25, -0.2) is 0 Å². The number of nitrogens with zero attached hydrogens (tertiary/aromatic N) is 1. The Morgan fingerprint density at radius 3 is 2.43 bits per heavy atom. The Bertz CT molecular complexity index is 448. The van der Waals surface area contributed by atoms with E-state index in [9.17, 15) is 10.1 Å². The van der Waals surface area contributed by atoms with Gasteiger partial charge in [0.15, 0.2) is 0 Å². The van der Waals surface area contributed by atoms with Crippen molar-refractivity contribution in [1.29, 1.82) is 0 Å². The van der Waals surface area contributed by atoms with E-state index in [1.165, 1.54) is 12.1 Å². The third kappa shape index (κ3) is 6.48. The predicted octanol–water partition coefficient (Wildman–Crippen LogP) is 3.76. The number of halogens is 2. The third-order valence-corrected chi connectivity index (χ3v) is 3.28. The normalized spacial score (nSPS) is 10.6. The van der Waals surface area contributed by atoms with E-state index in [2.05, 4.69) is 5.32 Å². The van der Waals surface area contributed by atoms with Crippen LogP contribution in [0.5, 0.6) is 0 Å². The summed E-state index contributed by atoms with van der Waals surface area (Å²) >= 11 is 12.0. The number of nitro groups is 1. The largest absolute Gasteiger partial charge is 0.383 e. The minimum absolute atomic E-state index is 0.123. The van der Waals surface area contributed by atoms with Crippen LogP contribution >= 0.6 is 23.2 Å². The molecule has 21 heavy (non-hydrogen) atoms. The third-order valence-electron chi connectivity index (χ3n) is 2.69. The highest BCUT2D eigenvalue weighted by atomic mass is 35.5. The van der Waals surface area contributed by atoms with Crippen molar-refractivity contribution < 1.29 is 14.4 Å². The first-order chi connectivity index (χ1) is 10.1. The van der Waals surface area contributed by atoms with E-state index in [1.807, 2.05) is 0 Å². The first-order valence-corrected chi connectivity index (χ1v) is 7.26. The van der Waals surface area contributed by atoms with Crippen LogP contribution in [0.15, 0.2) is 12.1 Å². The number of anilines is 1. The number of rotatable bonds is 10. The van der Waals surface area contributed by atoms with Gasteiger partial charge in [0.2, 0.25) is 0 Å². The van der Waals surface area contributed by atoms with Crippen molar-refractivity contribution >= 4 is 34.6 Å². The van der Waals surface area contributed by atoms with Gasteiger partial charge in [0.25, 0.3) is 5.69 Å². The number of nitro benzene ring substituents is 1. The van der Waals surface area contributed by atoms with Crippen molar-refractivity contribution in [3.05, 3.63) is 32.3 Å². The summed E-state index contributed by atoms with van der Waals surface area (Å²) in [5.74, 6) is 0. The number of hydrogen-bond acceptors (Lipinski definition) is 5. The molecule has 8 heteroatoms. The highest BCUT2D eigenvalue weighted by Gasteiger charge is 2.14. The lowest BCUT2D eigenvalue weighted by Gasteiger charge is -2.10. The second-order valence-corrected chi connectivity index (χ2v) is 5.09. The monoisotopic (exact) mass is 336 g/mol. The SMILES string of the molecule is COCCOCCCCNc1c(Cl)cc([N+](=O)[O-])cc1Cl. The summed E-state index contributed by atoms with van der Waals surface area (Å²) in [5.41, 5.74) is 0.395. The first-order valence-electron chi connectivity index (χ1n) is 6.50. The summed E-state index contributed by atoms with van der Waals surface area (Å²) in [6.07, 6.45) is 1.76. The van der Waals surface area contributed by atoms with Crippen molar-refractivity contribution in [2.75, 3.05) is 38.8 Å². The van der Waals surface area contributed by atoms with Gasteiger partial charge < -0.3 is 14.8 Å². The number of non-ortho nitro benzene ring substituents is 1. The van der Waals surface area contributed by atoms with Crippen LogP contribution in [-0.4, -0.2) is 38.4 Å². The van der Waals surface area contributed by atoms with Crippen LogP contribution in [-0.2, 0) is 9.47 Å². The molecular weight excluding hydrogens is 319 g/mol. The lowest BCUT2D eigenvalue weighted by molar-refractivity contribution is -0.384. The first kappa shape index (κ1) is 18.0. The molecule has 6 nitrogen and oxygen atoms in total. The number of unbranched alkanes of at least 4 members (excludes halogenated alkanes) is 1. The average Bonchev–Trinajstić information content (AvgIpc) is 2.43. The van der Waals surface area contributed by atoms with Gasteiger partial charge >= 0.3 is 0 Å². The Hall–Kier alpha value is -1.08. The topological polar surface area (TPSA) is 73.6 Å². The number of hydrogen-bond donors (Lipinski definition) is 1. The van der Waals surface area contributed by atoms with Crippen molar-refractivity contribution in [2.24, 2.45) is 0 Å². The number of benzene rings is 1. The van der Waals surface area contributed by atoms with Crippen LogP contribution in [0.2, 0.25) is 10.0 Å². The zero-order chi connectivity index (χ0) is 15.7. The molecule has 0 spiro atoms. The number of ether oxygens (including phenoxy) is 2. The smallest absolute Gasteiger partial charge is 0.272 e. The van der Waals surface area contributed by atoms with Crippen molar-refractivity contribution in [3.63, 3.8) is 0 Å². The van der Waals surface area contributed by atoms with Gasteiger partial charge in [-0.05, 0) is 12.8 Å². The van der Waals surface area contributed by atoms with Gasteiger partial charge in [0, 0.05) is 32.4 Å². The van der Waals surface area contributed by atoms with E-state index in [-0.39, 0.29) is 15.7 Å². The van der Waals surface area contributed by atoms with E-state index < -0.39 is 4.92 Å². The van der Waals surface area contributed by atoms with E-state index in [0.717, 1.165) is 12.8 Å². The Morgan fingerprint density at radius 2 is 1.86 bits per heavy atom. The molecule has 0 heterocycles. The maximum atomic E-state index is 10.7. The van der Waals surface area contributed by atoms with Crippen LogP contribution in [0, 0.1) is 10.1 Å². The van der Waals surface area contributed by atoms with Crippen molar-refractivity contribution in [2.45, 2.75) is 12.8 Å². The van der Waals surface area contributed by atoms with Crippen molar-refractivity contribution in [1.82, 2.24) is 0 Å². The molecule has 118 valence electrons. The molecule has 0 aliphatic heterocycles. The summed E-state index contributed by atoms with van der Waals surface area (Å²) < 4.78 is 10.2. The standard InChI is InChI=1S/C13H18Cl2N2O4/c1-20-6-7-21-5-3-2-4-16-13-11(14)8-10(17(18)19)9-12(13)15/h8-9,16H,2-7H2,1H3. The Morgan fingerprint density at radius 1 is 1.19 bits per heavy atom. The average molecular weight is 337 g/mol. The van der Waals surface area contributed by atoms with Gasteiger partial charge in [-0.2, -0.15) is 0 Å². The summed E-state index contributed by atoms with van der Waals surface area (Å²) in [6, 6.07) is 2.56. The molecule has 0 saturated carbocycles. The summed E-state index contributed by atoms with van der Waals surface area (Å²) in [6.45, 7) is 2.49. The highest BCUT2D eigenvalue weighted by Crippen LogP contribution is 2.34. The summed E-state index contributed by atoms with van der Waals surface area (Å²) in [5, 5.41) is 14.2. The molecule has 0 aromatic heterocycles. The predicted molar refractivity (Wildman–Crippen MR) is 83.5 cm³/mol. The fourth-order valence-electron chi connectivity index (χ4n) is 1.62. The van der Waals surface area contributed by atoms with E-state index in [0.29, 0.717) is 32.1 Å². The van der Waals surface area contributed by atoms with Gasteiger partial charge in [0.05, 0.1) is 33.9 Å². The zero-order valence-electron chi connectivity index (χ0n) is 11.7. The quantitative estimate of drug-likeness (QED) is 0.400. The van der Waals surface area contributed by atoms with E-state index in [1.54, 1.807) is 7.11 Å². The maximum absolute atomic E-state index is 10.7. The van der Waals surface area contributed by atoms with Crippen LogP contribution in [0.25, 0.3) is 0 Å². The van der Waals surface area contributed by atoms with Crippen LogP contribution in [0.3, 0.4) is 0 Å². The summed E-state index contributed by atoms with van der Waals surface area (Å²) in [4.78, 5) is 10.1. The molecule has 1 aromatic carbocycles. The molecule has 0 aliphatic rings. The fourth-order valence-corrected chi connectivity index (χ4v) is 2.23. The molecule has 0 amide bonds. The van der Waals surface area contributed by atoms with Crippen LogP contribution in [0.1, 0.15) is 12.8 Å². The molecule has 0 bridgehead atoms. The van der Waals surface area contributed by atoms with Gasteiger partial charge in [-0.1, -0.05) is 23.2 Å². The minimum Gasteiger partial charge on any atom is -0.383 e. The van der Waals surface area contributed by atoms with Crippen molar-refractivity contribution in [3.8, 4) is 0 Å². The van der Waals surface area contributed by atoms with E-state index in [4.69, 9.17) is 32.7 Å². The summed E-state index contributed by atoms with van der Waals surface area (Å²) in [7, 11) is 1.63. The fraction of sp³-hybridized carbons (Fsp3) is 0.538. The Kier molecular flexibility index (Phi) is 8.37. The molecule has 1 N–H and O–H groups in total. The second-order valence-electron chi connectivity index (χ2n) is 4.28. The molecule has 1 rings (SSSR count). The molecule has 0 aliphatic carbocycles. The lowest BCUT2D eigenvalue weighted by Crippen LogP contribution is -2.07. The number of nitrogens with one attached hydrogen (secondary N) is 1. The zero-order valence-corrected chi connectivity index (χ0v) is 13.2. The molecule has 0 saturated heterocycles. The highest BCUT2D eigenvalue weighted by molar-refractivity contribution is 6.39. The van der Waals surface area contributed by atoms with E-state index >= 15 is 0 Å². The molecule has 0 fully saturated rings. The molecule has 0 radical (unpaired) electrons.